The molecule has 0 fully saturated rings. The largest absolute Gasteiger partial charge is 0.441 e. The van der Waals surface area contributed by atoms with Gasteiger partial charge in [-0.05, 0) is 37.2 Å². The van der Waals surface area contributed by atoms with Crippen LogP contribution in [0.5, 0.6) is 0 Å². The Hall–Kier alpha value is -1.39. The maximum absolute atomic E-state index is 5.64. The van der Waals surface area contributed by atoms with Crippen molar-refractivity contribution in [3.8, 4) is 0 Å². The van der Waals surface area contributed by atoms with E-state index in [1.165, 1.54) is 5.56 Å². The summed E-state index contributed by atoms with van der Waals surface area (Å²) >= 11 is 0. The Labute approximate surface area is 108 Å². The Morgan fingerprint density at radius 3 is 2.94 bits per heavy atom. The smallest absolute Gasteiger partial charge is 0.192 e. The molecule has 2 rings (SSSR count). The Balaban J connectivity index is 2.07. The van der Waals surface area contributed by atoms with E-state index in [1.54, 1.807) is 0 Å². The van der Waals surface area contributed by atoms with Gasteiger partial charge in [-0.2, -0.15) is 0 Å². The molecule has 1 unspecified atom stereocenters. The Kier molecular flexibility index (Phi) is 3.99. The molecule has 0 aliphatic carbocycles. The Morgan fingerprint density at radius 2 is 2.22 bits per heavy atom. The number of aryl methyl sites for hydroxylation is 1. The molecule has 98 valence electrons. The van der Waals surface area contributed by atoms with Gasteiger partial charge in [0.2, 0.25) is 0 Å². The number of hydrogen-bond acceptors (Lipinski definition) is 4. The average molecular weight is 247 g/mol. The van der Waals surface area contributed by atoms with Crippen molar-refractivity contribution in [2.45, 2.75) is 20.4 Å². The van der Waals surface area contributed by atoms with Crippen LogP contribution in [-0.4, -0.2) is 30.0 Å². The van der Waals surface area contributed by atoms with Crippen LogP contribution in [0.1, 0.15) is 18.4 Å². The normalized spacial score (nSPS) is 13.4. The van der Waals surface area contributed by atoms with Crippen molar-refractivity contribution in [2.75, 3.05) is 20.1 Å². The SMILES string of the molecule is Cc1nc2ccc(CN(C)CC(C)CN)cc2o1. The molecular formula is C14H21N3O. The van der Waals surface area contributed by atoms with E-state index in [1.807, 2.05) is 13.0 Å². The van der Waals surface area contributed by atoms with E-state index in [-0.39, 0.29) is 0 Å². The molecule has 2 N–H and O–H groups in total. The van der Waals surface area contributed by atoms with Gasteiger partial charge in [-0.15, -0.1) is 0 Å². The summed E-state index contributed by atoms with van der Waals surface area (Å²) in [7, 11) is 2.11. The Morgan fingerprint density at radius 1 is 1.44 bits per heavy atom. The summed E-state index contributed by atoms with van der Waals surface area (Å²) in [5.41, 5.74) is 8.67. The fourth-order valence-corrected chi connectivity index (χ4v) is 2.17. The van der Waals surface area contributed by atoms with Crippen molar-refractivity contribution >= 4 is 11.1 Å². The molecule has 18 heavy (non-hydrogen) atoms. The van der Waals surface area contributed by atoms with Gasteiger partial charge in [0.05, 0.1) is 0 Å². The van der Waals surface area contributed by atoms with Gasteiger partial charge in [-0.3, -0.25) is 0 Å². The number of hydrogen-bond donors (Lipinski definition) is 1. The van der Waals surface area contributed by atoms with E-state index >= 15 is 0 Å². The highest BCUT2D eigenvalue weighted by Crippen LogP contribution is 2.17. The van der Waals surface area contributed by atoms with Crippen molar-refractivity contribution in [1.82, 2.24) is 9.88 Å². The predicted octanol–water partition coefficient (Wildman–Crippen LogP) is 2.16. The van der Waals surface area contributed by atoms with Gasteiger partial charge in [0, 0.05) is 20.0 Å². The molecule has 0 spiro atoms. The standard InChI is InChI=1S/C14H21N3O/c1-10(7-15)8-17(3)9-12-4-5-13-14(6-12)18-11(2)16-13/h4-6,10H,7-9,15H2,1-3H3. The average Bonchev–Trinajstić information content (AvgIpc) is 2.68. The zero-order chi connectivity index (χ0) is 13.1. The predicted molar refractivity (Wildman–Crippen MR) is 73.3 cm³/mol. The minimum atomic E-state index is 0.520. The van der Waals surface area contributed by atoms with Crippen molar-refractivity contribution < 1.29 is 4.42 Å². The van der Waals surface area contributed by atoms with E-state index in [9.17, 15) is 0 Å². The first-order valence-electron chi connectivity index (χ1n) is 6.33. The van der Waals surface area contributed by atoms with Crippen LogP contribution in [-0.2, 0) is 6.54 Å². The zero-order valence-corrected chi connectivity index (χ0v) is 11.3. The first-order valence-corrected chi connectivity index (χ1v) is 6.33. The number of oxazole rings is 1. The summed E-state index contributed by atoms with van der Waals surface area (Å²) in [5.74, 6) is 1.23. The van der Waals surface area contributed by atoms with Crippen LogP contribution < -0.4 is 5.73 Å². The Bertz CT molecular complexity index is 521. The summed E-state index contributed by atoms with van der Waals surface area (Å²) in [6, 6.07) is 6.19. The first kappa shape index (κ1) is 13.1. The lowest BCUT2D eigenvalue weighted by Crippen LogP contribution is -2.28. The topological polar surface area (TPSA) is 55.3 Å². The highest BCUT2D eigenvalue weighted by atomic mass is 16.3. The second kappa shape index (κ2) is 5.50. The fourth-order valence-electron chi connectivity index (χ4n) is 2.17. The molecule has 2 aromatic rings. The van der Waals surface area contributed by atoms with E-state index in [0.717, 1.165) is 30.7 Å². The minimum absolute atomic E-state index is 0.520. The van der Waals surface area contributed by atoms with E-state index in [2.05, 4.69) is 36.0 Å². The number of nitrogens with zero attached hydrogens (tertiary/aromatic N) is 2. The van der Waals surface area contributed by atoms with Gasteiger partial charge < -0.3 is 15.1 Å². The second-order valence-corrected chi connectivity index (χ2v) is 5.07. The number of rotatable bonds is 5. The van der Waals surface area contributed by atoms with Crippen LogP contribution in [0.15, 0.2) is 22.6 Å². The lowest BCUT2D eigenvalue weighted by atomic mass is 10.1. The third kappa shape index (κ3) is 3.09. The molecule has 0 bridgehead atoms. The molecule has 4 nitrogen and oxygen atoms in total. The minimum Gasteiger partial charge on any atom is -0.441 e. The van der Waals surface area contributed by atoms with Crippen LogP contribution in [0.25, 0.3) is 11.1 Å². The van der Waals surface area contributed by atoms with Gasteiger partial charge in [0.1, 0.15) is 5.52 Å². The van der Waals surface area contributed by atoms with Crippen LogP contribution in [0.3, 0.4) is 0 Å². The number of nitrogens with two attached hydrogens (primary N) is 1. The van der Waals surface area contributed by atoms with E-state index < -0.39 is 0 Å². The third-order valence-corrected chi connectivity index (χ3v) is 3.04. The van der Waals surface area contributed by atoms with Gasteiger partial charge in [0.15, 0.2) is 11.5 Å². The molecule has 0 aliphatic heterocycles. The van der Waals surface area contributed by atoms with Crippen molar-refractivity contribution in [3.05, 3.63) is 29.7 Å². The lowest BCUT2D eigenvalue weighted by molar-refractivity contribution is 0.282. The monoisotopic (exact) mass is 247 g/mol. The van der Waals surface area contributed by atoms with E-state index in [4.69, 9.17) is 10.2 Å². The quantitative estimate of drug-likeness (QED) is 0.879. The van der Waals surface area contributed by atoms with Crippen LogP contribution in [0.4, 0.5) is 0 Å². The fraction of sp³-hybridized carbons (Fsp3) is 0.500. The number of benzene rings is 1. The van der Waals surface area contributed by atoms with Gasteiger partial charge in [-0.25, -0.2) is 4.98 Å². The van der Waals surface area contributed by atoms with Gasteiger partial charge >= 0.3 is 0 Å². The molecule has 0 aliphatic rings. The van der Waals surface area contributed by atoms with Crippen LogP contribution in [0.2, 0.25) is 0 Å². The molecule has 1 aromatic heterocycles. The van der Waals surface area contributed by atoms with Gasteiger partial charge in [0.25, 0.3) is 0 Å². The van der Waals surface area contributed by atoms with Gasteiger partial charge in [-0.1, -0.05) is 13.0 Å². The number of fused-ring (bicyclic) bond motifs is 1. The molecule has 0 saturated carbocycles. The molecule has 0 radical (unpaired) electrons. The molecule has 1 heterocycles. The summed E-state index contributed by atoms with van der Waals surface area (Å²) < 4.78 is 5.54. The van der Waals surface area contributed by atoms with Crippen LogP contribution >= 0.6 is 0 Å². The molecular weight excluding hydrogens is 226 g/mol. The summed E-state index contributed by atoms with van der Waals surface area (Å²) in [5, 5.41) is 0. The van der Waals surface area contributed by atoms with Crippen molar-refractivity contribution in [2.24, 2.45) is 11.7 Å². The maximum atomic E-state index is 5.64. The molecule has 1 aromatic carbocycles. The third-order valence-electron chi connectivity index (χ3n) is 3.04. The number of aromatic nitrogens is 1. The summed E-state index contributed by atoms with van der Waals surface area (Å²) in [6.45, 7) is 6.67. The molecule has 0 saturated heterocycles. The lowest BCUT2D eigenvalue weighted by Gasteiger charge is -2.20. The summed E-state index contributed by atoms with van der Waals surface area (Å²) in [4.78, 5) is 6.58. The second-order valence-electron chi connectivity index (χ2n) is 5.07. The first-order chi connectivity index (χ1) is 8.58. The highest BCUT2D eigenvalue weighted by Gasteiger charge is 2.07. The molecule has 4 heteroatoms. The molecule has 0 amide bonds. The highest BCUT2D eigenvalue weighted by molar-refractivity contribution is 5.73. The zero-order valence-electron chi connectivity index (χ0n) is 11.3. The molecule has 1 atom stereocenters. The van der Waals surface area contributed by atoms with Crippen molar-refractivity contribution in [1.29, 1.82) is 0 Å². The maximum Gasteiger partial charge on any atom is 0.192 e. The van der Waals surface area contributed by atoms with E-state index in [0.29, 0.717) is 11.8 Å². The van der Waals surface area contributed by atoms with Crippen molar-refractivity contribution in [3.63, 3.8) is 0 Å². The summed E-state index contributed by atoms with van der Waals surface area (Å²) in [6.07, 6.45) is 0. The van der Waals surface area contributed by atoms with Crippen LogP contribution in [0, 0.1) is 12.8 Å².